The third-order valence-electron chi connectivity index (χ3n) is 3.12. The minimum Gasteiger partial charge on any atom is -0.492 e. The van der Waals surface area contributed by atoms with Crippen LogP contribution in [0.2, 0.25) is 10.0 Å². The molecule has 2 aromatic rings. The molecule has 21 heavy (non-hydrogen) atoms. The minimum absolute atomic E-state index is 0.350. The zero-order valence-corrected chi connectivity index (χ0v) is 16.0. The van der Waals surface area contributed by atoms with E-state index in [-0.39, 0.29) is 5.38 Å². The van der Waals surface area contributed by atoms with E-state index in [2.05, 4.69) is 35.6 Å². The Kier molecular flexibility index (Phi) is 6.06. The van der Waals surface area contributed by atoms with Crippen LogP contribution in [0.15, 0.2) is 30.3 Å². The standard InChI is InChI=1S/C16H14Cl3IO/c1-3-21-14-8-12(17)11(7-13(14)18)15(19)10-6-4-5-9(2)16(10)20/h4-8,15H,3H2,1-2H3. The Hall–Kier alpha value is -0.160. The summed E-state index contributed by atoms with van der Waals surface area (Å²) in [6.45, 7) is 4.49. The Morgan fingerprint density at radius 1 is 1.14 bits per heavy atom. The Bertz CT molecular complexity index is 658. The van der Waals surface area contributed by atoms with Crippen molar-refractivity contribution >= 4 is 57.4 Å². The van der Waals surface area contributed by atoms with Gasteiger partial charge in [0.05, 0.1) is 17.0 Å². The number of hydrogen-bond acceptors (Lipinski definition) is 1. The maximum Gasteiger partial charge on any atom is 0.139 e. The van der Waals surface area contributed by atoms with E-state index in [9.17, 15) is 0 Å². The summed E-state index contributed by atoms with van der Waals surface area (Å²) >= 11 is 21.5. The summed E-state index contributed by atoms with van der Waals surface area (Å²) in [6.07, 6.45) is 0. The molecule has 0 amide bonds. The van der Waals surface area contributed by atoms with Crippen LogP contribution in [0.5, 0.6) is 5.75 Å². The maximum atomic E-state index is 6.63. The SMILES string of the molecule is CCOc1cc(Cl)c(C(Cl)c2cccc(C)c2I)cc1Cl. The zero-order chi connectivity index (χ0) is 15.6. The summed E-state index contributed by atoms with van der Waals surface area (Å²) < 4.78 is 6.58. The van der Waals surface area contributed by atoms with Crippen molar-refractivity contribution in [1.29, 1.82) is 0 Å². The third kappa shape index (κ3) is 3.79. The lowest BCUT2D eigenvalue weighted by Crippen LogP contribution is -2.00. The fourth-order valence-electron chi connectivity index (χ4n) is 2.04. The van der Waals surface area contributed by atoms with Crippen molar-refractivity contribution in [2.75, 3.05) is 6.61 Å². The molecule has 0 bridgehead atoms. The molecule has 0 spiro atoms. The molecular weight excluding hydrogens is 441 g/mol. The molecule has 0 aromatic heterocycles. The third-order valence-corrected chi connectivity index (χ3v) is 5.69. The molecule has 0 heterocycles. The molecule has 0 N–H and O–H groups in total. The van der Waals surface area contributed by atoms with Crippen molar-refractivity contribution in [1.82, 2.24) is 0 Å². The summed E-state index contributed by atoms with van der Waals surface area (Å²) in [4.78, 5) is 0. The predicted octanol–water partition coefficient (Wildman–Crippen LogP) is 6.63. The van der Waals surface area contributed by atoms with Crippen LogP contribution in [0.3, 0.4) is 0 Å². The van der Waals surface area contributed by atoms with Crippen LogP contribution in [-0.4, -0.2) is 6.61 Å². The van der Waals surface area contributed by atoms with Gasteiger partial charge in [-0.15, -0.1) is 11.6 Å². The van der Waals surface area contributed by atoms with Gasteiger partial charge in [0.25, 0.3) is 0 Å². The number of rotatable bonds is 4. The van der Waals surface area contributed by atoms with Gasteiger partial charge in [0.15, 0.2) is 0 Å². The molecule has 112 valence electrons. The van der Waals surface area contributed by atoms with Gasteiger partial charge in [-0.1, -0.05) is 41.4 Å². The highest BCUT2D eigenvalue weighted by Gasteiger charge is 2.19. The molecule has 0 radical (unpaired) electrons. The number of halogens is 4. The molecule has 0 aliphatic rings. The lowest BCUT2D eigenvalue weighted by Gasteiger charge is -2.17. The lowest BCUT2D eigenvalue weighted by atomic mass is 10.0. The van der Waals surface area contributed by atoms with Crippen molar-refractivity contribution < 1.29 is 4.74 Å². The molecule has 1 unspecified atom stereocenters. The molecular formula is C16H14Cl3IO. The molecule has 0 saturated carbocycles. The molecule has 2 aromatic carbocycles. The Labute approximate surface area is 153 Å². The second-order valence-corrected chi connectivity index (χ2v) is 6.91. The number of ether oxygens (including phenoxy) is 1. The Morgan fingerprint density at radius 2 is 1.86 bits per heavy atom. The van der Waals surface area contributed by atoms with Gasteiger partial charge < -0.3 is 4.74 Å². The monoisotopic (exact) mass is 454 g/mol. The second kappa shape index (κ2) is 7.40. The predicted molar refractivity (Wildman–Crippen MR) is 99.2 cm³/mol. The molecule has 0 aliphatic carbocycles. The number of alkyl halides is 1. The van der Waals surface area contributed by atoms with E-state index in [1.165, 1.54) is 5.56 Å². The first-order chi connectivity index (χ1) is 9.95. The summed E-state index contributed by atoms with van der Waals surface area (Å²) in [7, 11) is 0. The molecule has 0 fully saturated rings. The fourth-order valence-corrected chi connectivity index (χ4v) is 3.80. The van der Waals surface area contributed by atoms with Gasteiger partial charge in [0, 0.05) is 14.7 Å². The van der Waals surface area contributed by atoms with E-state index < -0.39 is 0 Å². The van der Waals surface area contributed by atoms with E-state index in [0.717, 1.165) is 14.7 Å². The van der Waals surface area contributed by atoms with E-state index in [1.807, 2.05) is 19.1 Å². The first kappa shape index (κ1) is 17.2. The van der Waals surface area contributed by atoms with Crippen LogP contribution in [0, 0.1) is 10.5 Å². The normalized spacial score (nSPS) is 12.3. The van der Waals surface area contributed by atoms with Gasteiger partial charge in [-0.3, -0.25) is 0 Å². The first-order valence-electron chi connectivity index (χ1n) is 6.46. The van der Waals surface area contributed by atoms with Gasteiger partial charge in [-0.05, 0) is 59.2 Å². The minimum atomic E-state index is -0.350. The van der Waals surface area contributed by atoms with Crippen LogP contribution in [0.1, 0.15) is 29.0 Å². The highest BCUT2D eigenvalue weighted by Crippen LogP contribution is 2.40. The summed E-state index contributed by atoms with van der Waals surface area (Å²) in [5.41, 5.74) is 3.00. The highest BCUT2D eigenvalue weighted by atomic mass is 127. The van der Waals surface area contributed by atoms with E-state index in [4.69, 9.17) is 39.5 Å². The molecule has 0 saturated heterocycles. The lowest BCUT2D eigenvalue weighted by molar-refractivity contribution is 0.340. The van der Waals surface area contributed by atoms with Crippen molar-refractivity contribution in [3.8, 4) is 5.75 Å². The van der Waals surface area contributed by atoms with Crippen molar-refractivity contribution in [3.05, 3.63) is 60.6 Å². The van der Waals surface area contributed by atoms with Crippen LogP contribution in [0.25, 0.3) is 0 Å². The van der Waals surface area contributed by atoms with E-state index in [0.29, 0.717) is 22.4 Å². The van der Waals surface area contributed by atoms with Crippen molar-refractivity contribution in [2.45, 2.75) is 19.2 Å². The highest BCUT2D eigenvalue weighted by molar-refractivity contribution is 14.1. The molecule has 1 atom stereocenters. The summed E-state index contributed by atoms with van der Waals surface area (Å²) in [5.74, 6) is 0.579. The van der Waals surface area contributed by atoms with Gasteiger partial charge in [0.1, 0.15) is 5.75 Å². The van der Waals surface area contributed by atoms with Crippen LogP contribution in [-0.2, 0) is 0 Å². The smallest absolute Gasteiger partial charge is 0.139 e. The van der Waals surface area contributed by atoms with Gasteiger partial charge in [-0.25, -0.2) is 0 Å². The molecule has 1 nitrogen and oxygen atoms in total. The second-order valence-electron chi connectivity index (χ2n) is 4.58. The summed E-state index contributed by atoms with van der Waals surface area (Å²) in [5, 5.41) is 0.724. The van der Waals surface area contributed by atoms with Gasteiger partial charge in [0.2, 0.25) is 0 Å². The van der Waals surface area contributed by atoms with Crippen LogP contribution < -0.4 is 4.74 Å². The summed E-state index contributed by atoms with van der Waals surface area (Å²) in [6, 6.07) is 9.56. The van der Waals surface area contributed by atoms with Crippen LogP contribution >= 0.6 is 57.4 Å². The van der Waals surface area contributed by atoms with Crippen molar-refractivity contribution in [2.24, 2.45) is 0 Å². The average molecular weight is 456 g/mol. The topological polar surface area (TPSA) is 9.23 Å². The van der Waals surface area contributed by atoms with E-state index >= 15 is 0 Å². The molecule has 0 aliphatic heterocycles. The van der Waals surface area contributed by atoms with Crippen molar-refractivity contribution in [3.63, 3.8) is 0 Å². The molecule has 2 rings (SSSR count). The van der Waals surface area contributed by atoms with Gasteiger partial charge in [-0.2, -0.15) is 0 Å². The number of aryl methyl sites for hydroxylation is 1. The fraction of sp³-hybridized carbons (Fsp3) is 0.250. The average Bonchev–Trinajstić information content (AvgIpc) is 2.45. The first-order valence-corrected chi connectivity index (χ1v) is 8.73. The van der Waals surface area contributed by atoms with Gasteiger partial charge >= 0.3 is 0 Å². The van der Waals surface area contributed by atoms with E-state index in [1.54, 1.807) is 12.1 Å². The molecule has 5 heteroatoms. The quantitative estimate of drug-likeness (QED) is 0.371. The van der Waals surface area contributed by atoms with Crippen LogP contribution in [0.4, 0.5) is 0 Å². The number of hydrogen-bond donors (Lipinski definition) is 0. The Balaban J connectivity index is 2.46. The largest absolute Gasteiger partial charge is 0.492 e. The number of benzene rings is 2. The maximum absolute atomic E-state index is 6.63. The Morgan fingerprint density at radius 3 is 2.52 bits per heavy atom. The zero-order valence-electron chi connectivity index (χ0n) is 11.6.